The molecule has 2 nitrogen and oxygen atoms in total. The van der Waals surface area contributed by atoms with Crippen LogP contribution in [0.4, 0.5) is 4.39 Å². The molecule has 2 aromatic carbocycles. The number of halogens is 1. The van der Waals surface area contributed by atoms with Gasteiger partial charge < -0.3 is 4.74 Å². The third-order valence-electron chi connectivity index (χ3n) is 3.74. The zero-order chi connectivity index (χ0) is 14.1. The van der Waals surface area contributed by atoms with Gasteiger partial charge in [-0.05, 0) is 36.1 Å². The van der Waals surface area contributed by atoms with Crippen LogP contribution in [0.2, 0.25) is 0 Å². The number of hydrogen-bond acceptors (Lipinski definition) is 2. The van der Waals surface area contributed by atoms with E-state index in [9.17, 15) is 9.18 Å². The van der Waals surface area contributed by atoms with E-state index in [0.29, 0.717) is 17.7 Å². The third kappa shape index (κ3) is 2.20. The molecule has 0 saturated carbocycles. The molecule has 20 heavy (non-hydrogen) atoms. The lowest BCUT2D eigenvalue weighted by molar-refractivity contribution is 0.0972. The Morgan fingerprint density at radius 3 is 2.60 bits per heavy atom. The summed E-state index contributed by atoms with van der Waals surface area (Å²) < 4.78 is 19.1. The van der Waals surface area contributed by atoms with Crippen molar-refractivity contribution in [3.8, 4) is 16.9 Å². The lowest BCUT2D eigenvalue weighted by Gasteiger charge is -2.16. The monoisotopic (exact) mass is 270 g/mol. The summed E-state index contributed by atoms with van der Waals surface area (Å²) in [6.07, 6.45) is 2.37. The summed E-state index contributed by atoms with van der Waals surface area (Å²) in [6, 6.07) is 10.4. The Labute approximate surface area is 117 Å². The Bertz CT molecular complexity index is 677. The Kier molecular flexibility index (Phi) is 3.26. The van der Waals surface area contributed by atoms with Gasteiger partial charge in [0.2, 0.25) is 0 Å². The minimum Gasteiger partial charge on any atom is -0.497 e. The molecule has 3 heteroatoms. The average molecular weight is 270 g/mol. The molecule has 2 aromatic rings. The maximum absolute atomic E-state index is 14.1. The second-order valence-electron chi connectivity index (χ2n) is 4.99. The van der Waals surface area contributed by atoms with Gasteiger partial charge in [-0.25, -0.2) is 4.39 Å². The van der Waals surface area contributed by atoms with Gasteiger partial charge in [-0.3, -0.25) is 4.79 Å². The second kappa shape index (κ2) is 5.08. The van der Waals surface area contributed by atoms with E-state index < -0.39 is 0 Å². The highest BCUT2D eigenvalue weighted by Gasteiger charge is 2.18. The Morgan fingerprint density at radius 1 is 1.05 bits per heavy atom. The smallest absolute Gasteiger partial charge is 0.163 e. The topological polar surface area (TPSA) is 26.3 Å². The number of rotatable bonds is 2. The number of ketones is 1. The van der Waals surface area contributed by atoms with Crippen molar-refractivity contribution in [2.45, 2.75) is 19.3 Å². The molecule has 0 N–H and O–H groups in total. The van der Waals surface area contributed by atoms with Crippen LogP contribution in [-0.2, 0) is 6.42 Å². The van der Waals surface area contributed by atoms with Crippen molar-refractivity contribution >= 4 is 5.78 Å². The molecule has 102 valence electrons. The molecule has 3 rings (SSSR count). The number of carbonyl (C=O) groups excluding carboxylic acids is 1. The number of benzene rings is 2. The zero-order valence-electron chi connectivity index (χ0n) is 11.3. The summed E-state index contributed by atoms with van der Waals surface area (Å²) in [5, 5.41) is 0. The van der Waals surface area contributed by atoms with Gasteiger partial charge in [-0.15, -0.1) is 0 Å². The summed E-state index contributed by atoms with van der Waals surface area (Å²) in [5.74, 6) is 0.374. The van der Waals surface area contributed by atoms with Crippen LogP contribution in [-0.4, -0.2) is 12.9 Å². The first-order valence-electron chi connectivity index (χ1n) is 6.69. The number of fused-ring (bicyclic) bond motifs is 1. The van der Waals surface area contributed by atoms with Crippen LogP contribution >= 0.6 is 0 Å². The average Bonchev–Trinajstić information content (AvgIpc) is 2.47. The van der Waals surface area contributed by atoms with E-state index in [2.05, 4.69) is 0 Å². The number of hydrogen-bond donors (Lipinski definition) is 0. The zero-order valence-corrected chi connectivity index (χ0v) is 11.3. The number of methoxy groups -OCH3 is 1. The predicted octanol–water partition coefficient (Wildman–Crippen LogP) is 4.02. The van der Waals surface area contributed by atoms with Gasteiger partial charge in [0.1, 0.15) is 11.6 Å². The van der Waals surface area contributed by atoms with E-state index in [0.717, 1.165) is 29.5 Å². The van der Waals surface area contributed by atoms with E-state index in [1.165, 1.54) is 13.2 Å². The molecule has 0 bridgehead atoms. The maximum Gasteiger partial charge on any atom is 0.163 e. The molecule has 0 atom stereocenters. The molecule has 0 aromatic heterocycles. The van der Waals surface area contributed by atoms with E-state index >= 15 is 0 Å². The van der Waals surface area contributed by atoms with Gasteiger partial charge in [0.25, 0.3) is 0 Å². The number of aryl methyl sites for hydroxylation is 1. The van der Waals surface area contributed by atoms with Crippen LogP contribution in [0.5, 0.6) is 5.75 Å². The SMILES string of the molecule is COc1ccc(-c2ccc3c(c2)CCCC3=O)c(F)c1. The molecule has 0 fully saturated rings. The maximum atomic E-state index is 14.1. The fourth-order valence-corrected chi connectivity index (χ4v) is 2.67. The summed E-state index contributed by atoms with van der Waals surface area (Å²) in [7, 11) is 1.51. The van der Waals surface area contributed by atoms with Gasteiger partial charge in [-0.2, -0.15) is 0 Å². The van der Waals surface area contributed by atoms with Crippen LogP contribution in [0.15, 0.2) is 36.4 Å². The molecule has 0 radical (unpaired) electrons. The highest BCUT2D eigenvalue weighted by atomic mass is 19.1. The molecule has 0 aliphatic heterocycles. The van der Waals surface area contributed by atoms with Crippen molar-refractivity contribution in [3.63, 3.8) is 0 Å². The molecule has 1 aliphatic carbocycles. The van der Waals surface area contributed by atoms with Crippen LogP contribution < -0.4 is 4.74 Å². The van der Waals surface area contributed by atoms with Crippen LogP contribution in [0.1, 0.15) is 28.8 Å². The lowest BCUT2D eigenvalue weighted by Crippen LogP contribution is -2.10. The van der Waals surface area contributed by atoms with Gasteiger partial charge >= 0.3 is 0 Å². The van der Waals surface area contributed by atoms with E-state index in [1.807, 2.05) is 18.2 Å². The normalized spacial score (nSPS) is 14.0. The Hall–Kier alpha value is -2.16. The molecule has 0 saturated heterocycles. The van der Waals surface area contributed by atoms with Crippen molar-refractivity contribution in [3.05, 3.63) is 53.3 Å². The summed E-state index contributed by atoms with van der Waals surface area (Å²) in [6.45, 7) is 0. The van der Waals surface area contributed by atoms with Crippen molar-refractivity contribution in [2.75, 3.05) is 7.11 Å². The molecule has 0 heterocycles. The Balaban J connectivity index is 2.05. The number of carbonyl (C=O) groups is 1. The predicted molar refractivity (Wildman–Crippen MR) is 75.7 cm³/mol. The van der Waals surface area contributed by atoms with Crippen LogP contribution in [0.3, 0.4) is 0 Å². The van der Waals surface area contributed by atoms with Crippen molar-refractivity contribution < 1.29 is 13.9 Å². The standard InChI is InChI=1S/C17H15FO2/c1-20-13-6-8-14(16(18)10-13)12-5-7-15-11(9-12)3-2-4-17(15)19/h5-10H,2-4H2,1H3. The molecule has 1 aliphatic rings. The first kappa shape index (κ1) is 12.9. The molecule has 0 unspecified atom stereocenters. The largest absolute Gasteiger partial charge is 0.497 e. The fourth-order valence-electron chi connectivity index (χ4n) is 2.67. The van der Waals surface area contributed by atoms with Gasteiger partial charge in [0.05, 0.1) is 7.11 Å². The summed E-state index contributed by atoms with van der Waals surface area (Å²) >= 11 is 0. The summed E-state index contributed by atoms with van der Waals surface area (Å²) in [5.41, 5.74) is 3.15. The Morgan fingerprint density at radius 2 is 1.85 bits per heavy atom. The van der Waals surface area contributed by atoms with Crippen molar-refractivity contribution in [2.24, 2.45) is 0 Å². The number of ether oxygens (including phenoxy) is 1. The van der Waals surface area contributed by atoms with E-state index in [-0.39, 0.29) is 11.6 Å². The van der Waals surface area contributed by atoms with Gasteiger partial charge in [0.15, 0.2) is 5.78 Å². The van der Waals surface area contributed by atoms with Crippen molar-refractivity contribution in [1.29, 1.82) is 0 Å². The quantitative estimate of drug-likeness (QED) is 0.823. The van der Waals surface area contributed by atoms with E-state index in [1.54, 1.807) is 12.1 Å². The summed E-state index contributed by atoms with van der Waals surface area (Å²) in [4.78, 5) is 11.8. The molecule has 0 amide bonds. The third-order valence-corrected chi connectivity index (χ3v) is 3.74. The van der Waals surface area contributed by atoms with Gasteiger partial charge in [-0.1, -0.05) is 18.2 Å². The minimum atomic E-state index is -0.313. The second-order valence-corrected chi connectivity index (χ2v) is 4.99. The molecular weight excluding hydrogens is 255 g/mol. The molecule has 0 spiro atoms. The highest BCUT2D eigenvalue weighted by molar-refractivity contribution is 5.99. The highest BCUT2D eigenvalue weighted by Crippen LogP contribution is 2.30. The lowest BCUT2D eigenvalue weighted by atomic mass is 9.88. The minimum absolute atomic E-state index is 0.188. The van der Waals surface area contributed by atoms with Crippen LogP contribution in [0, 0.1) is 5.82 Å². The van der Waals surface area contributed by atoms with Gasteiger partial charge in [0, 0.05) is 23.6 Å². The van der Waals surface area contributed by atoms with Crippen LogP contribution in [0.25, 0.3) is 11.1 Å². The molecular formula is C17H15FO2. The first-order chi connectivity index (χ1) is 9.69. The van der Waals surface area contributed by atoms with Crippen molar-refractivity contribution in [1.82, 2.24) is 0 Å². The van der Waals surface area contributed by atoms with E-state index in [4.69, 9.17) is 4.74 Å². The first-order valence-corrected chi connectivity index (χ1v) is 6.69. The fraction of sp³-hybridized carbons (Fsp3) is 0.235. The number of Topliss-reactive ketones (excluding diaryl/α,β-unsaturated/α-hetero) is 1.